The molecule has 0 aromatic heterocycles. The van der Waals surface area contributed by atoms with Crippen molar-refractivity contribution in [2.24, 2.45) is 0 Å². The normalized spacial score (nSPS) is 12.0. The van der Waals surface area contributed by atoms with Gasteiger partial charge in [-0.25, -0.2) is 8.42 Å². The number of carbonyl (C=O) groups excluding carboxylic acids is 2. The molecule has 0 aliphatic carbocycles. The van der Waals surface area contributed by atoms with Gasteiger partial charge in [0.2, 0.25) is 11.8 Å². The highest BCUT2D eigenvalue weighted by molar-refractivity contribution is 9.10. The van der Waals surface area contributed by atoms with E-state index in [1.165, 1.54) is 9.21 Å². The van der Waals surface area contributed by atoms with Crippen molar-refractivity contribution in [2.75, 3.05) is 17.4 Å². The summed E-state index contributed by atoms with van der Waals surface area (Å²) in [7, 11) is -4.10. The zero-order valence-corrected chi connectivity index (χ0v) is 26.0. The molecule has 0 aliphatic rings. The van der Waals surface area contributed by atoms with Crippen LogP contribution in [0.3, 0.4) is 0 Å². The van der Waals surface area contributed by atoms with Crippen LogP contribution in [0.25, 0.3) is 0 Å². The fourth-order valence-electron chi connectivity index (χ4n) is 4.35. The summed E-state index contributed by atoms with van der Waals surface area (Å²) in [6.07, 6.45) is 2.34. The van der Waals surface area contributed by atoms with Crippen LogP contribution in [0.1, 0.15) is 50.3 Å². The summed E-state index contributed by atoms with van der Waals surface area (Å²) in [4.78, 5) is 28.7. The summed E-state index contributed by atoms with van der Waals surface area (Å²) in [6.45, 7) is 7.75. The number of rotatable bonds is 13. The molecule has 40 heavy (non-hydrogen) atoms. The smallest absolute Gasteiger partial charge is 0.264 e. The molecule has 0 spiro atoms. The highest BCUT2D eigenvalue weighted by Gasteiger charge is 2.33. The van der Waals surface area contributed by atoms with E-state index in [0.29, 0.717) is 18.7 Å². The Morgan fingerprint density at radius 1 is 0.975 bits per heavy atom. The van der Waals surface area contributed by atoms with E-state index in [-0.39, 0.29) is 17.3 Å². The van der Waals surface area contributed by atoms with Crippen LogP contribution in [0, 0.1) is 6.92 Å². The average Bonchev–Trinajstić information content (AvgIpc) is 2.94. The number of halogens is 1. The van der Waals surface area contributed by atoms with E-state index in [9.17, 15) is 18.0 Å². The van der Waals surface area contributed by atoms with Crippen LogP contribution in [0.15, 0.2) is 82.2 Å². The molecule has 3 aromatic rings. The molecule has 9 heteroatoms. The van der Waals surface area contributed by atoms with E-state index >= 15 is 0 Å². The van der Waals surface area contributed by atoms with Crippen molar-refractivity contribution in [2.45, 2.75) is 64.4 Å². The first-order chi connectivity index (χ1) is 19.1. The number of unbranched alkanes of at least 4 members (excludes halogenated alkanes) is 1. The van der Waals surface area contributed by atoms with Gasteiger partial charge in [0.15, 0.2) is 0 Å². The molecule has 0 radical (unpaired) electrons. The lowest BCUT2D eigenvalue weighted by Crippen LogP contribution is -2.51. The van der Waals surface area contributed by atoms with E-state index in [2.05, 4.69) is 21.2 Å². The van der Waals surface area contributed by atoms with Crippen LogP contribution in [-0.2, 0) is 32.6 Å². The number of para-hydroxylation sites is 1. The number of hydrogen-bond acceptors (Lipinski definition) is 4. The minimum atomic E-state index is -4.10. The Bertz CT molecular complexity index is 1410. The number of amides is 2. The standard InChI is InChI=1S/C31H38BrN3O4S/c1-5-7-19-33-31(37)24(4)34(21-25-11-10-13-27(32)20-25)30(36)22-35(29-14-9-8-12-26(29)6-2)40(38,39)28-17-15-23(3)16-18-28/h8-18,20,24H,5-7,19,21-22H2,1-4H3,(H,33,37)/t24-/m1/s1. The summed E-state index contributed by atoms with van der Waals surface area (Å²) in [5.74, 6) is -0.751. The van der Waals surface area contributed by atoms with Crippen molar-refractivity contribution in [3.8, 4) is 0 Å². The van der Waals surface area contributed by atoms with E-state index in [0.717, 1.165) is 34.0 Å². The molecule has 0 heterocycles. The first-order valence-corrected chi connectivity index (χ1v) is 15.8. The van der Waals surface area contributed by atoms with Gasteiger partial charge in [0.05, 0.1) is 10.6 Å². The molecule has 1 N–H and O–H groups in total. The second kappa shape index (κ2) is 14.5. The van der Waals surface area contributed by atoms with E-state index in [4.69, 9.17) is 0 Å². The number of nitrogens with zero attached hydrogens (tertiary/aromatic N) is 2. The number of nitrogens with one attached hydrogen (secondary N) is 1. The molecule has 3 aromatic carbocycles. The number of aryl methyl sites for hydroxylation is 2. The first kappa shape index (κ1) is 31.4. The summed E-state index contributed by atoms with van der Waals surface area (Å²) in [5, 5.41) is 2.91. The largest absolute Gasteiger partial charge is 0.354 e. The fraction of sp³-hybridized carbons (Fsp3) is 0.355. The second-order valence-corrected chi connectivity index (χ2v) is 12.6. The molecule has 3 rings (SSSR count). The Kier molecular flexibility index (Phi) is 11.3. The van der Waals surface area contributed by atoms with Crippen LogP contribution in [0.2, 0.25) is 0 Å². The number of sulfonamides is 1. The number of hydrogen-bond donors (Lipinski definition) is 1. The average molecular weight is 629 g/mol. The van der Waals surface area contributed by atoms with Crippen LogP contribution in [-0.4, -0.2) is 44.3 Å². The zero-order chi connectivity index (χ0) is 29.3. The van der Waals surface area contributed by atoms with Gasteiger partial charge < -0.3 is 10.2 Å². The highest BCUT2D eigenvalue weighted by Crippen LogP contribution is 2.28. The second-order valence-electron chi connectivity index (χ2n) is 9.78. The molecule has 0 bridgehead atoms. The lowest BCUT2D eigenvalue weighted by molar-refractivity contribution is -0.139. The molecule has 0 fully saturated rings. The van der Waals surface area contributed by atoms with Gasteiger partial charge in [-0.3, -0.25) is 13.9 Å². The summed E-state index contributed by atoms with van der Waals surface area (Å²) in [5.41, 5.74) is 2.99. The van der Waals surface area contributed by atoms with Crippen LogP contribution >= 0.6 is 15.9 Å². The van der Waals surface area contributed by atoms with Gasteiger partial charge in [0.25, 0.3) is 10.0 Å². The van der Waals surface area contributed by atoms with Gasteiger partial charge in [-0.15, -0.1) is 0 Å². The summed E-state index contributed by atoms with van der Waals surface area (Å²) < 4.78 is 30.1. The summed E-state index contributed by atoms with van der Waals surface area (Å²) >= 11 is 3.47. The molecule has 214 valence electrons. The van der Waals surface area contributed by atoms with Crippen molar-refractivity contribution in [1.29, 1.82) is 0 Å². The van der Waals surface area contributed by atoms with Gasteiger partial charge in [0.1, 0.15) is 12.6 Å². The van der Waals surface area contributed by atoms with E-state index in [1.54, 1.807) is 43.3 Å². The molecule has 1 atom stereocenters. The number of anilines is 1. The molecule has 0 aliphatic heterocycles. The topological polar surface area (TPSA) is 86.8 Å². The maximum atomic E-state index is 14.1. The first-order valence-electron chi connectivity index (χ1n) is 13.6. The van der Waals surface area contributed by atoms with Crippen LogP contribution in [0.5, 0.6) is 0 Å². The highest BCUT2D eigenvalue weighted by atomic mass is 79.9. The monoisotopic (exact) mass is 627 g/mol. The molecule has 2 amide bonds. The van der Waals surface area contributed by atoms with Gasteiger partial charge in [-0.05, 0) is 68.1 Å². The van der Waals surface area contributed by atoms with Crippen molar-refractivity contribution >= 4 is 43.5 Å². The predicted octanol–water partition coefficient (Wildman–Crippen LogP) is 5.85. The Hall–Kier alpha value is -3.17. The van der Waals surface area contributed by atoms with E-state index in [1.807, 2.05) is 57.2 Å². The van der Waals surface area contributed by atoms with Gasteiger partial charge in [0, 0.05) is 17.6 Å². The molecular weight excluding hydrogens is 590 g/mol. The number of benzene rings is 3. The minimum Gasteiger partial charge on any atom is -0.354 e. The Morgan fingerprint density at radius 2 is 1.68 bits per heavy atom. The Balaban J connectivity index is 2.04. The lowest BCUT2D eigenvalue weighted by atomic mass is 10.1. The fourth-order valence-corrected chi connectivity index (χ4v) is 6.25. The van der Waals surface area contributed by atoms with Crippen LogP contribution < -0.4 is 9.62 Å². The van der Waals surface area contributed by atoms with Crippen molar-refractivity contribution < 1.29 is 18.0 Å². The van der Waals surface area contributed by atoms with Crippen molar-refractivity contribution in [3.63, 3.8) is 0 Å². The molecule has 0 unspecified atom stereocenters. The molecular formula is C31H38BrN3O4S. The predicted molar refractivity (Wildman–Crippen MR) is 164 cm³/mol. The minimum absolute atomic E-state index is 0.0979. The lowest BCUT2D eigenvalue weighted by Gasteiger charge is -2.32. The third kappa shape index (κ3) is 7.95. The molecule has 7 nitrogen and oxygen atoms in total. The van der Waals surface area contributed by atoms with E-state index < -0.39 is 28.5 Å². The summed E-state index contributed by atoms with van der Waals surface area (Å²) in [6, 6.07) is 20.5. The Morgan fingerprint density at radius 3 is 2.33 bits per heavy atom. The van der Waals surface area contributed by atoms with Gasteiger partial charge in [-0.2, -0.15) is 0 Å². The van der Waals surface area contributed by atoms with Gasteiger partial charge >= 0.3 is 0 Å². The Labute approximate surface area is 246 Å². The third-order valence-corrected chi connectivity index (χ3v) is 9.04. The van der Waals surface area contributed by atoms with Crippen LogP contribution in [0.4, 0.5) is 5.69 Å². The molecule has 0 saturated heterocycles. The maximum Gasteiger partial charge on any atom is 0.264 e. The number of carbonyl (C=O) groups is 2. The van der Waals surface area contributed by atoms with Crippen molar-refractivity contribution in [3.05, 3.63) is 94.0 Å². The SMILES string of the molecule is CCCCNC(=O)[C@@H](C)N(Cc1cccc(Br)c1)C(=O)CN(c1ccccc1CC)S(=O)(=O)c1ccc(C)cc1. The van der Waals surface area contributed by atoms with Crippen molar-refractivity contribution in [1.82, 2.24) is 10.2 Å². The zero-order valence-electron chi connectivity index (χ0n) is 23.6. The van der Waals surface area contributed by atoms with Gasteiger partial charge in [-0.1, -0.05) is 84.2 Å². The molecule has 0 saturated carbocycles. The third-order valence-electron chi connectivity index (χ3n) is 6.77. The maximum absolute atomic E-state index is 14.1. The quantitative estimate of drug-likeness (QED) is 0.241.